The second kappa shape index (κ2) is 12.2. The summed E-state index contributed by atoms with van der Waals surface area (Å²) in [6, 6.07) is 0. The van der Waals surface area contributed by atoms with Gasteiger partial charge in [0.2, 0.25) is 7.37 Å². The van der Waals surface area contributed by atoms with Crippen LogP contribution >= 0.6 is 26.6 Å². The molecule has 6 nitrogen and oxygen atoms in total. The van der Waals surface area contributed by atoms with Crippen LogP contribution in [-0.4, -0.2) is 33.5 Å². The minimum Gasteiger partial charge on any atom is -0.367 e. The first-order valence-corrected chi connectivity index (χ1v) is 12.2. The summed E-state index contributed by atoms with van der Waals surface area (Å²) in [5, 5.41) is 0.580. The molecule has 0 aliphatic rings. The van der Waals surface area contributed by atoms with Gasteiger partial charge in [-0.1, -0.05) is 34.9 Å². The van der Waals surface area contributed by atoms with E-state index in [-0.39, 0.29) is 6.61 Å². The Balaban J connectivity index is 4.08. The van der Waals surface area contributed by atoms with Gasteiger partial charge in [-0.3, -0.25) is 9.13 Å². The summed E-state index contributed by atoms with van der Waals surface area (Å²) in [5.74, 6) is -1.08. The van der Waals surface area contributed by atoms with Gasteiger partial charge in [-0.25, -0.2) is 0 Å². The van der Waals surface area contributed by atoms with Crippen molar-refractivity contribution in [3.63, 3.8) is 0 Å². The first-order valence-electron chi connectivity index (χ1n) is 7.98. The molecule has 3 N–H and O–H groups in total. The average molecular weight is 415 g/mol. The molecule has 1 unspecified atom stereocenters. The summed E-state index contributed by atoms with van der Waals surface area (Å²) in [4.78, 5) is 26.8. The number of hydrogen-bond donors (Lipinski definition) is 3. The highest BCUT2D eigenvalue weighted by atomic mass is 35.5. The summed E-state index contributed by atoms with van der Waals surface area (Å²) in [6.45, 7) is 6.26. The molecule has 25 heavy (non-hydrogen) atoms. The van der Waals surface area contributed by atoms with E-state index in [2.05, 4.69) is 32.9 Å². The number of hydrogen-bond acceptors (Lipinski definition) is 3. The van der Waals surface area contributed by atoms with Gasteiger partial charge >= 0.3 is 7.60 Å². The summed E-state index contributed by atoms with van der Waals surface area (Å²) in [7, 11) is -8.54. The van der Waals surface area contributed by atoms with E-state index < -0.39 is 27.2 Å². The molecular formula is C16H29ClO6P2. The molecule has 0 aliphatic carbocycles. The van der Waals surface area contributed by atoms with E-state index in [1.165, 1.54) is 11.1 Å². The first-order chi connectivity index (χ1) is 11.4. The van der Waals surface area contributed by atoms with Crippen molar-refractivity contribution in [2.75, 3.05) is 18.9 Å². The van der Waals surface area contributed by atoms with E-state index in [0.717, 1.165) is 19.3 Å². The fourth-order valence-corrected chi connectivity index (χ4v) is 5.11. The zero-order valence-corrected chi connectivity index (χ0v) is 17.6. The Morgan fingerprint density at radius 3 is 2.16 bits per heavy atom. The SMILES string of the molecule is CC(C)=CCCC(C)=CCCC(Cl)=CCOCP(=O)(O)CP(=O)(O)O. The van der Waals surface area contributed by atoms with Crippen LogP contribution in [0.3, 0.4) is 0 Å². The summed E-state index contributed by atoms with van der Waals surface area (Å²) in [5.41, 5.74) is 2.61. The summed E-state index contributed by atoms with van der Waals surface area (Å²) >= 11 is 6.05. The van der Waals surface area contributed by atoms with Gasteiger partial charge in [0.25, 0.3) is 0 Å². The monoisotopic (exact) mass is 414 g/mol. The zero-order chi connectivity index (χ0) is 19.5. The van der Waals surface area contributed by atoms with Gasteiger partial charge in [-0.2, -0.15) is 0 Å². The Hall–Kier alpha value is -0.190. The van der Waals surface area contributed by atoms with Crippen molar-refractivity contribution in [3.05, 3.63) is 34.4 Å². The van der Waals surface area contributed by atoms with Gasteiger partial charge in [0, 0.05) is 5.03 Å². The van der Waals surface area contributed by atoms with E-state index in [1.54, 1.807) is 6.08 Å². The molecule has 0 fully saturated rings. The second-order valence-electron chi connectivity index (χ2n) is 6.21. The van der Waals surface area contributed by atoms with Crippen LogP contribution in [0.5, 0.6) is 0 Å². The van der Waals surface area contributed by atoms with E-state index in [4.69, 9.17) is 26.1 Å². The van der Waals surface area contributed by atoms with Gasteiger partial charge in [0.1, 0.15) is 12.3 Å². The highest BCUT2D eigenvalue weighted by Crippen LogP contribution is 2.54. The van der Waals surface area contributed by atoms with Crippen LogP contribution in [0.15, 0.2) is 34.4 Å². The fourth-order valence-electron chi connectivity index (χ4n) is 1.92. The van der Waals surface area contributed by atoms with Gasteiger partial charge in [-0.05, 0) is 52.5 Å². The molecule has 0 heterocycles. The lowest BCUT2D eigenvalue weighted by Gasteiger charge is -2.12. The maximum Gasteiger partial charge on any atom is 0.335 e. The third-order valence-corrected chi connectivity index (χ3v) is 7.26. The second-order valence-corrected chi connectivity index (χ2v) is 11.1. The Kier molecular flexibility index (Phi) is 12.1. The quantitative estimate of drug-likeness (QED) is 0.237. The van der Waals surface area contributed by atoms with Gasteiger partial charge < -0.3 is 19.4 Å². The summed E-state index contributed by atoms with van der Waals surface area (Å²) in [6.07, 6.45) is 8.80. The maximum atomic E-state index is 11.5. The molecule has 146 valence electrons. The summed E-state index contributed by atoms with van der Waals surface area (Å²) < 4.78 is 27.2. The van der Waals surface area contributed by atoms with Crippen LogP contribution in [0, 0.1) is 0 Å². The Morgan fingerprint density at radius 2 is 1.60 bits per heavy atom. The maximum absolute atomic E-state index is 11.5. The normalized spacial score (nSPS) is 15.8. The Bertz CT molecular complexity index is 587. The molecule has 0 radical (unpaired) electrons. The molecule has 0 aliphatic heterocycles. The van der Waals surface area contributed by atoms with Crippen LogP contribution in [0.25, 0.3) is 0 Å². The average Bonchev–Trinajstić information content (AvgIpc) is 2.40. The van der Waals surface area contributed by atoms with Crippen molar-refractivity contribution in [2.24, 2.45) is 0 Å². The smallest absolute Gasteiger partial charge is 0.335 e. The molecule has 0 aromatic heterocycles. The lowest BCUT2D eigenvalue weighted by molar-refractivity contribution is 0.199. The Labute approximate surface area is 155 Å². The van der Waals surface area contributed by atoms with Crippen molar-refractivity contribution >= 4 is 26.6 Å². The third-order valence-electron chi connectivity index (χ3n) is 3.09. The molecule has 0 rings (SSSR count). The highest BCUT2D eigenvalue weighted by Gasteiger charge is 2.29. The Morgan fingerprint density at radius 1 is 1.00 bits per heavy atom. The standard InChI is InChI=1S/C16H29ClO6P2/c1-14(2)6-4-7-15(3)8-5-9-16(17)10-11-23-12-24(18,19)13-25(20,21)22/h6,8,10H,4-5,7,9,11-13H2,1-3H3,(H,18,19)(H2,20,21,22). The lowest BCUT2D eigenvalue weighted by Crippen LogP contribution is -2.00. The predicted molar refractivity (Wildman–Crippen MR) is 103 cm³/mol. The van der Waals surface area contributed by atoms with Crippen LogP contribution in [0.2, 0.25) is 0 Å². The molecule has 0 bridgehead atoms. The van der Waals surface area contributed by atoms with Crippen LogP contribution in [0.4, 0.5) is 0 Å². The lowest BCUT2D eigenvalue weighted by atomic mass is 10.1. The molecule has 0 aromatic rings. The van der Waals surface area contributed by atoms with Gasteiger partial charge in [-0.15, -0.1) is 0 Å². The van der Waals surface area contributed by atoms with Crippen molar-refractivity contribution in [1.29, 1.82) is 0 Å². The molecule has 0 saturated heterocycles. The molecule has 0 spiro atoms. The number of ether oxygens (including phenoxy) is 1. The molecule has 1 atom stereocenters. The minimum atomic E-state index is -4.54. The molecule has 9 heteroatoms. The van der Waals surface area contributed by atoms with Gasteiger partial charge in [0.05, 0.1) is 6.61 Å². The van der Waals surface area contributed by atoms with E-state index in [1.807, 2.05) is 0 Å². The van der Waals surface area contributed by atoms with Crippen molar-refractivity contribution in [1.82, 2.24) is 0 Å². The topological polar surface area (TPSA) is 104 Å². The van der Waals surface area contributed by atoms with Crippen LogP contribution in [-0.2, 0) is 13.9 Å². The molecular weight excluding hydrogens is 386 g/mol. The first kappa shape index (κ1) is 24.8. The number of allylic oxidation sites excluding steroid dienone is 5. The van der Waals surface area contributed by atoms with Crippen molar-refractivity contribution in [2.45, 2.75) is 46.5 Å². The van der Waals surface area contributed by atoms with Crippen molar-refractivity contribution in [3.8, 4) is 0 Å². The number of rotatable bonds is 12. The zero-order valence-electron chi connectivity index (χ0n) is 15.0. The molecule has 0 aromatic carbocycles. The number of halogens is 1. The van der Waals surface area contributed by atoms with Gasteiger partial charge in [0.15, 0.2) is 0 Å². The third kappa shape index (κ3) is 17.0. The van der Waals surface area contributed by atoms with Crippen LogP contribution < -0.4 is 0 Å². The largest absolute Gasteiger partial charge is 0.367 e. The predicted octanol–water partition coefficient (Wildman–Crippen LogP) is 4.96. The highest BCUT2D eigenvalue weighted by molar-refractivity contribution is 7.72. The fraction of sp³-hybridized carbons (Fsp3) is 0.625. The van der Waals surface area contributed by atoms with E-state index in [9.17, 15) is 14.0 Å². The molecule has 0 amide bonds. The van der Waals surface area contributed by atoms with Crippen LogP contribution in [0.1, 0.15) is 46.5 Å². The van der Waals surface area contributed by atoms with E-state index >= 15 is 0 Å². The minimum absolute atomic E-state index is 0.0216. The molecule has 0 saturated carbocycles. The van der Waals surface area contributed by atoms with E-state index in [0.29, 0.717) is 11.5 Å². The van der Waals surface area contributed by atoms with Crippen molar-refractivity contribution < 1.29 is 28.5 Å².